The fourth-order valence-electron chi connectivity index (χ4n) is 2.99. The molecule has 10 nitrogen and oxygen atoms in total. The fourth-order valence-corrected chi connectivity index (χ4v) is 3.43. The number of ether oxygens (including phenoxy) is 1. The van der Waals surface area contributed by atoms with Crippen molar-refractivity contribution < 1.29 is 37.9 Å². The highest BCUT2D eigenvalue weighted by Crippen LogP contribution is 2.35. The first-order chi connectivity index (χ1) is 15.1. The molecule has 2 N–H and O–H groups in total. The predicted molar refractivity (Wildman–Crippen MR) is 107 cm³/mol. The molecule has 0 aromatic heterocycles. The van der Waals surface area contributed by atoms with E-state index in [4.69, 9.17) is 4.74 Å². The molecular formula is C19H12BrF2N3O7. The second-order valence-electron chi connectivity index (χ2n) is 6.33. The summed E-state index contributed by atoms with van der Waals surface area (Å²) in [6.07, 6.45) is -1.35. The van der Waals surface area contributed by atoms with Crippen LogP contribution in [0.15, 0.2) is 53.7 Å². The molecule has 1 heterocycles. The van der Waals surface area contributed by atoms with Crippen LogP contribution in [0.25, 0.3) is 0 Å². The molecule has 166 valence electrons. The highest BCUT2D eigenvalue weighted by molar-refractivity contribution is 9.09. The van der Waals surface area contributed by atoms with Gasteiger partial charge in [-0.15, -0.1) is 0 Å². The van der Waals surface area contributed by atoms with E-state index in [2.05, 4.69) is 21.2 Å². The number of carbonyl (C=O) groups excluding carboxylic acids is 2. The molecule has 1 unspecified atom stereocenters. The van der Waals surface area contributed by atoms with Crippen LogP contribution < -0.4 is 10.1 Å². The molecule has 0 aliphatic carbocycles. The van der Waals surface area contributed by atoms with E-state index >= 15 is 0 Å². The maximum atomic E-state index is 13.9. The minimum absolute atomic E-state index is 0.100. The molecule has 2 aromatic rings. The van der Waals surface area contributed by atoms with Gasteiger partial charge in [0.15, 0.2) is 11.6 Å². The number of carboxylic acid groups (broad SMARTS) is 1. The molecule has 1 aliphatic heterocycles. The predicted octanol–water partition coefficient (Wildman–Crippen LogP) is 3.87. The Morgan fingerprint density at radius 2 is 1.84 bits per heavy atom. The molecule has 1 aliphatic rings. The Balaban J connectivity index is 2.06. The summed E-state index contributed by atoms with van der Waals surface area (Å²) in [5.74, 6) is -4.23. The summed E-state index contributed by atoms with van der Waals surface area (Å²) in [4.78, 5) is 47.9. The summed E-state index contributed by atoms with van der Waals surface area (Å²) in [6, 6.07) is 3.99. The minimum Gasteiger partial charge on any atom is -0.478 e. The second-order valence-corrected chi connectivity index (χ2v) is 6.89. The van der Waals surface area contributed by atoms with E-state index in [1.165, 1.54) is 0 Å². The summed E-state index contributed by atoms with van der Waals surface area (Å²) in [5.41, 5.74) is -1.06. The van der Waals surface area contributed by atoms with E-state index < -0.39 is 46.3 Å². The van der Waals surface area contributed by atoms with Gasteiger partial charge in [0.2, 0.25) is 0 Å². The Labute approximate surface area is 186 Å². The van der Waals surface area contributed by atoms with Crippen molar-refractivity contribution in [2.24, 2.45) is 0 Å². The van der Waals surface area contributed by atoms with Crippen LogP contribution in [0.2, 0.25) is 0 Å². The standard InChI is InChI=1S/C19H12BrF2N3O7/c20-8-14-15(17(26)27)16(9-1-6-12(21)13(22)7-9)24(18(28)23-14)19(29)32-11-4-2-10(3-5-11)25(30)31/h1-7,16H,8H2,(H,23,28)(H,26,27). The first kappa shape index (κ1) is 22.8. The van der Waals surface area contributed by atoms with Crippen molar-refractivity contribution in [3.05, 3.63) is 81.0 Å². The van der Waals surface area contributed by atoms with Gasteiger partial charge < -0.3 is 15.2 Å². The normalized spacial score (nSPS) is 15.9. The van der Waals surface area contributed by atoms with E-state index in [-0.39, 0.29) is 28.0 Å². The van der Waals surface area contributed by atoms with Crippen molar-refractivity contribution in [2.75, 3.05) is 5.33 Å². The Kier molecular flexibility index (Phi) is 6.48. The van der Waals surface area contributed by atoms with Crippen LogP contribution in [0.4, 0.5) is 24.1 Å². The van der Waals surface area contributed by atoms with Crippen molar-refractivity contribution in [3.63, 3.8) is 0 Å². The van der Waals surface area contributed by atoms with Crippen molar-refractivity contribution >= 4 is 39.7 Å². The highest BCUT2D eigenvalue weighted by atomic mass is 79.9. The van der Waals surface area contributed by atoms with Gasteiger partial charge in [-0.3, -0.25) is 10.1 Å². The summed E-state index contributed by atoms with van der Waals surface area (Å²) >= 11 is 3.04. The number of nitro groups is 1. The van der Waals surface area contributed by atoms with Gasteiger partial charge in [-0.25, -0.2) is 28.1 Å². The van der Waals surface area contributed by atoms with E-state index in [0.717, 1.165) is 36.4 Å². The highest BCUT2D eigenvalue weighted by Gasteiger charge is 2.43. The molecule has 0 saturated carbocycles. The van der Waals surface area contributed by atoms with Gasteiger partial charge in [-0.05, 0) is 29.8 Å². The summed E-state index contributed by atoms with van der Waals surface area (Å²) in [5, 5.41) is 22.6. The third kappa shape index (κ3) is 4.42. The fraction of sp³-hybridized carbons (Fsp3) is 0.105. The number of carboxylic acids is 1. The zero-order chi connectivity index (χ0) is 23.6. The van der Waals surface area contributed by atoms with Crippen molar-refractivity contribution in [1.82, 2.24) is 10.2 Å². The first-order valence-corrected chi connectivity index (χ1v) is 9.80. The number of alkyl halides is 1. The molecule has 0 spiro atoms. The number of rotatable bonds is 5. The Morgan fingerprint density at radius 3 is 2.38 bits per heavy atom. The Bertz CT molecular complexity index is 1150. The number of hydrogen-bond donors (Lipinski definition) is 2. The zero-order valence-electron chi connectivity index (χ0n) is 15.8. The van der Waals surface area contributed by atoms with Crippen LogP contribution in [0, 0.1) is 21.7 Å². The van der Waals surface area contributed by atoms with Crippen molar-refractivity contribution in [1.29, 1.82) is 0 Å². The number of nitro benzene ring substituents is 1. The topological polar surface area (TPSA) is 139 Å². The van der Waals surface area contributed by atoms with E-state index in [1.807, 2.05) is 0 Å². The molecule has 32 heavy (non-hydrogen) atoms. The minimum atomic E-state index is -1.66. The quantitative estimate of drug-likeness (QED) is 0.352. The van der Waals surface area contributed by atoms with Crippen LogP contribution in [0.5, 0.6) is 5.75 Å². The maximum Gasteiger partial charge on any atom is 0.424 e. The summed E-state index contributed by atoms with van der Waals surface area (Å²) in [6.45, 7) is 0. The molecule has 2 aromatic carbocycles. The lowest BCUT2D eigenvalue weighted by Gasteiger charge is -2.35. The van der Waals surface area contributed by atoms with E-state index in [9.17, 15) is 38.4 Å². The number of non-ortho nitro benzene ring substituents is 1. The van der Waals surface area contributed by atoms with Gasteiger partial charge >= 0.3 is 18.1 Å². The summed E-state index contributed by atoms with van der Waals surface area (Å²) < 4.78 is 32.4. The molecule has 0 saturated heterocycles. The van der Waals surface area contributed by atoms with Crippen molar-refractivity contribution in [3.8, 4) is 5.75 Å². The van der Waals surface area contributed by atoms with Crippen LogP contribution in [0.1, 0.15) is 11.6 Å². The number of allylic oxidation sites excluding steroid dienone is 1. The molecule has 3 amide bonds. The van der Waals surface area contributed by atoms with Gasteiger partial charge in [0.1, 0.15) is 11.8 Å². The van der Waals surface area contributed by atoms with Crippen molar-refractivity contribution in [2.45, 2.75) is 6.04 Å². The lowest BCUT2D eigenvalue weighted by Crippen LogP contribution is -2.52. The van der Waals surface area contributed by atoms with Gasteiger partial charge in [-0.2, -0.15) is 0 Å². The monoisotopic (exact) mass is 511 g/mol. The Morgan fingerprint density at radius 1 is 1.19 bits per heavy atom. The zero-order valence-corrected chi connectivity index (χ0v) is 17.3. The van der Waals surface area contributed by atoms with Gasteiger partial charge in [0, 0.05) is 23.2 Å². The number of nitrogens with zero attached hydrogens (tertiary/aromatic N) is 2. The number of imide groups is 1. The third-order valence-corrected chi connectivity index (χ3v) is 4.97. The van der Waals surface area contributed by atoms with E-state index in [0.29, 0.717) is 11.0 Å². The lowest BCUT2D eigenvalue weighted by atomic mass is 9.94. The second kappa shape index (κ2) is 9.09. The number of benzene rings is 2. The Hall–Kier alpha value is -3.87. The molecule has 0 radical (unpaired) electrons. The largest absolute Gasteiger partial charge is 0.478 e. The van der Waals surface area contributed by atoms with Gasteiger partial charge in [-0.1, -0.05) is 22.0 Å². The molecule has 0 fully saturated rings. The molecule has 13 heteroatoms. The number of aliphatic carboxylic acids is 1. The molecule has 0 bridgehead atoms. The molecule has 3 rings (SSSR count). The van der Waals surface area contributed by atoms with Crippen LogP contribution in [0.3, 0.4) is 0 Å². The molecular weight excluding hydrogens is 500 g/mol. The third-order valence-electron chi connectivity index (χ3n) is 4.41. The van der Waals surface area contributed by atoms with Crippen LogP contribution in [-0.2, 0) is 4.79 Å². The van der Waals surface area contributed by atoms with Crippen LogP contribution in [-0.4, -0.2) is 38.4 Å². The smallest absolute Gasteiger partial charge is 0.424 e. The average Bonchev–Trinajstić information content (AvgIpc) is 2.74. The van der Waals surface area contributed by atoms with E-state index in [1.54, 1.807) is 0 Å². The lowest BCUT2D eigenvalue weighted by molar-refractivity contribution is -0.384. The number of urea groups is 1. The maximum absolute atomic E-state index is 13.9. The SMILES string of the molecule is O=C(O)C1=C(CBr)NC(=O)N(C(=O)Oc2ccc([N+](=O)[O-])cc2)C1c1ccc(F)c(F)c1. The number of carbonyl (C=O) groups is 3. The number of hydrogen-bond acceptors (Lipinski definition) is 6. The molecule has 1 atom stereocenters. The van der Waals surface area contributed by atoms with Gasteiger partial charge in [0.25, 0.3) is 5.69 Å². The number of halogens is 3. The average molecular weight is 512 g/mol. The number of nitrogens with one attached hydrogen (secondary N) is 1. The van der Waals surface area contributed by atoms with Crippen LogP contribution >= 0.6 is 15.9 Å². The first-order valence-electron chi connectivity index (χ1n) is 8.67. The summed E-state index contributed by atoms with van der Waals surface area (Å²) in [7, 11) is 0. The van der Waals surface area contributed by atoms with Gasteiger partial charge in [0.05, 0.1) is 10.5 Å². The number of amides is 3.